The molecular weight excluding hydrogens is 412 g/mol. The highest BCUT2D eigenvalue weighted by Crippen LogP contribution is 2.16. The number of carbonyl (C=O) groups is 2. The normalized spacial score (nSPS) is 10.2. The van der Waals surface area contributed by atoms with E-state index in [2.05, 4.69) is 5.32 Å². The predicted octanol–water partition coefficient (Wildman–Crippen LogP) is 3.67. The summed E-state index contributed by atoms with van der Waals surface area (Å²) < 4.78 is 40.5. The number of nitrogens with one attached hydrogen (secondary N) is 2. The second-order valence-corrected chi connectivity index (χ2v) is 5.30. The summed E-state index contributed by atoms with van der Waals surface area (Å²) >= 11 is 1.77. The maximum Gasteiger partial charge on any atom is 0.326 e. The average Bonchev–Trinajstić information content (AvgIpc) is 2.42. The molecule has 0 atom stereocenters. The van der Waals surface area contributed by atoms with Crippen LogP contribution in [0, 0.1) is 21.0 Å². The van der Waals surface area contributed by atoms with Crippen molar-refractivity contribution in [3.05, 3.63) is 63.0 Å². The number of anilines is 1. The van der Waals surface area contributed by atoms with Crippen LogP contribution in [0.25, 0.3) is 0 Å². The SMILES string of the molecule is O=C(NC(=O)c1c(F)cccc1F)Nc1ccc(I)c(F)c1. The summed E-state index contributed by atoms with van der Waals surface area (Å²) in [6, 6.07) is 5.73. The van der Waals surface area contributed by atoms with Crippen molar-refractivity contribution in [2.24, 2.45) is 0 Å². The molecular formula is C14H8F3IN2O2. The standard InChI is InChI=1S/C14H8F3IN2O2/c15-8-2-1-3-9(16)12(8)13(21)20-14(22)19-7-4-5-11(18)10(17)6-7/h1-6H,(H2,19,20,21,22). The number of imide groups is 1. The molecule has 22 heavy (non-hydrogen) atoms. The fourth-order valence-electron chi connectivity index (χ4n) is 1.62. The Kier molecular flexibility index (Phi) is 5.01. The molecule has 0 bridgehead atoms. The van der Waals surface area contributed by atoms with E-state index < -0.39 is 35.0 Å². The monoisotopic (exact) mass is 420 g/mol. The Morgan fingerprint density at radius 2 is 1.59 bits per heavy atom. The minimum Gasteiger partial charge on any atom is -0.308 e. The molecule has 114 valence electrons. The van der Waals surface area contributed by atoms with Gasteiger partial charge in [0.15, 0.2) is 0 Å². The van der Waals surface area contributed by atoms with Crippen molar-refractivity contribution in [3.8, 4) is 0 Å². The fraction of sp³-hybridized carbons (Fsp3) is 0. The summed E-state index contributed by atoms with van der Waals surface area (Å²) in [5.74, 6) is -3.97. The summed E-state index contributed by atoms with van der Waals surface area (Å²) in [4.78, 5) is 23.3. The van der Waals surface area contributed by atoms with Crippen molar-refractivity contribution in [1.82, 2.24) is 5.32 Å². The van der Waals surface area contributed by atoms with E-state index in [-0.39, 0.29) is 5.69 Å². The van der Waals surface area contributed by atoms with Gasteiger partial charge in [-0.05, 0) is 52.9 Å². The van der Waals surface area contributed by atoms with Gasteiger partial charge in [-0.3, -0.25) is 10.1 Å². The van der Waals surface area contributed by atoms with Crippen molar-refractivity contribution >= 4 is 40.2 Å². The topological polar surface area (TPSA) is 58.2 Å². The number of urea groups is 1. The molecule has 0 spiro atoms. The minimum absolute atomic E-state index is 0.0946. The molecule has 4 nitrogen and oxygen atoms in total. The summed E-state index contributed by atoms with van der Waals surface area (Å²) in [5.41, 5.74) is -0.774. The summed E-state index contributed by atoms with van der Waals surface area (Å²) in [7, 11) is 0. The lowest BCUT2D eigenvalue weighted by Crippen LogP contribution is -2.35. The number of hydrogen-bond donors (Lipinski definition) is 2. The van der Waals surface area contributed by atoms with Gasteiger partial charge in [-0.1, -0.05) is 6.07 Å². The van der Waals surface area contributed by atoms with E-state index >= 15 is 0 Å². The molecule has 0 aromatic heterocycles. The first kappa shape index (κ1) is 16.3. The molecule has 0 saturated carbocycles. The summed E-state index contributed by atoms with van der Waals surface area (Å²) in [6.45, 7) is 0. The van der Waals surface area contributed by atoms with Gasteiger partial charge in [0.25, 0.3) is 5.91 Å². The number of hydrogen-bond acceptors (Lipinski definition) is 2. The Balaban J connectivity index is 2.08. The van der Waals surface area contributed by atoms with Crippen LogP contribution in [0.2, 0.25) is 0 Å². The largest absolute Gasteiger partial charge is 0.326 e. The van der Waals surface area contributed by atoms with Crippen LogP contribution in [0.5, 0.6) is 0 Å². The van der Waals surface area contributed by atoms with Crippen LogP contribution in [0.3, 0.4) is 0 Å². The van der Waals surface area contributed by atoms with Crippen molar-refractivity contribution in [2.45, 2.75) is 0 Å². The molecule has 2 aromatic rings. The van der Waals surface area contributed by atoms with Gasteiger partial charge in [0.2, 0.25) is 0 Å². The van der Waals surface area contributed by atoms with Gasteiger partial charge in [0.1, 0.15) is 23.0 Å². The van der Waals surface area contributed by atoms with Gasteiger partial charge >= 0.3 is 6.03 Å². The number of amides is 3. The van der Waals surface area contributed by atoms with E-state index in [0.717, 1.165) is 24.3 Å². The van der Waals surface area contributed by atoms with Gasteiger partial charge in [-0.2, -0.15) is 0 Å². The molecule has 2 rings (SSSR count). The van der Waals surface area contributed by atoms with Gasteiger partial charge < -0.3 is 5.32 Å². The van der Waals surface area contributed by atoms with Gasteiger partial charge in [0, 0.05) is 9.26 Å². The third-order valence-electron chi connectivity index (χ3n) is 2.59. The number of halogens is 4. The highest BCUT2D eigenvalue weighted by molar-refractivity contribution is 14.1. The molecule has 0 radical (unpaired) electrons. The lowest BCUT2D eigenvalue weighted by atomic mass is 10.2. The second kappa shape index (κ2) is 6.77. The highest BCUT2D eigenvalue weighted by Gasteiger charge is 2.19. The average molecular weight is 420 g/mol. The van der Waals surface area contributed by atoms with E-state index in [1.54, 1.807) is 27.9 Å². The van der Waals surface area contributed by atoms with Crippen molar-refractivity contribution < 1.29 is 22.8 Å². The first-order valence-electron chi connectivity index (χ1n) is 5.90. The molecule has 0 saturated heterocycles. The Labute approximate surface area is 136 Å². The van der Waals surface area contributed by atoms with Crippen molar-refractivity contribution in [3.63, 3.8) is 0 Å². The van der Waals surface area contributed by atoms with E-state index in [4.69, 9.17) is 0 Å². The molecule has 0 fully saturated rings. The quantitative estimate of drug-likeness (QED) is 0.729. The molecule has 0 unspecified atom stereocenters. The van der Waals surface area contributed by atoms with Gasteiger partial charge in [-0.25, -0.2) is 18.0 Å². The third-order valence-corrected chi connectivity index (χ3v) is 3.47. The smallest absolute Gasteiger partial charge is 0.308 e. The Bertz CT molecular complexity index is 733. The maximum absolute atomic E-state index is 13.4. The van der Waals surface area contributed by atoms with Gasteiger partial charge in [0.05, 0.1) is 0 Å². The maximum atomic E-state index is 13.4. The van der Waals surface area contributed by atoms with E-state index in [0.29, 0.717) is 3.57 Å². The first-order valence-corrected chi connectivity index (χ1v) is 6.97. The summed E-state index contributed by atoms with van der Waals surface area (Å²) in [6.07, 6.45) is 0. The molecule has 2 aromatic carbocycles. The van der Waals surface area contributed by atoms with Crippen LogP contribution >= 0.6 is 22.6 Å². The van der Waals surface area contributed by atoms with Crippen LogP contribution in [0.1, 0.15) is 10.4 Å². The third kappa shape index (κ3) is 3.75. The van der Waals surface area contributed by atoms with E-state index in [1.165, 1.54) is 12.1 Å². The second-order valence-electron chi connectivity index (χ2n) is 4.13. The molecule has 2 N–H and O–H groups in total. The molecule has 8 heteroatoms. The van der Waals surface area contributed by atoms with Gasteiger partial charge in [-0.15, -0.1) is 0 Å². The minimum atomic E-state index is -1.24. The molecule has 0 aliphatic rings. The predicted molar refractivity (Wildman–Crippen MR) is 82.0 cm³/mol. The lowest BCUT2D eigenvalue weighted by Gasteiger charge is -2.08. The Hall–Kier alpha value is -2.10. The summed E-state index contributed by atoms with van der Waals surface area (Å²) in [5, 5.41) is 3.96. The zero-order valence-corrected chi connectivity index (χ0v) is 12.9. The van der Waals surface area contributed by atoms with E-state index in [9.17, 15) is 22.8 Å². The lowest BCUT2D eigenvalue weighted by molar-refractivity contribution is 0.0959. The number of rotatable bonds is 2. The number of benzene rings is 2. The van der Waals surface area contributed by atoms with Crippen molar-refractivity contribution in [2.75, 3.05) is 5.32 Å². The molecule has 3 amide bonds. The van der Waals surface area contributed by atoms with Crippen LogP contribution < -0.4 is 10.6 Å². The number of carbonyl (C=O) groups excluding carboxylic acids is 2. The van der Waals surface area contributed by atoms with Crippen LogP contribution in [0.15, 0.2) is 36.4 Å². The van der Waals surface area contributed by atoms with Crippen LogP contribution in [-0.4, -0.2) is 11.9 Å². The zero-order valence-electron chi connectivity index (χ0n) is 10.8. The van der Waals surface area contributed by atoms with Crippen molar-refractivity contribution in [1.29, 1.82) is 0 Å². The first-order chi connectivity index (χ1) is 10.4. The van der Waals surface area contributed by atoms with Crippen LogP contribution in [0.4, 0.5) is 23.7 Å². The zero-order chi connectivity index (χ0) is 16.3. The van der Waals surface area contributed by atoms with E-state index in [1.807, 2.05) is 0 Å². The highest BCUT2D eigenvalue weighted by atomic mass is 127. The molecule has 0 aliphatic heterocycles. The Morgan fingerprint density at radius 1 is 0.955 bits per heavy atom. The molecule has 0 heterocycles. The van der Waals surface area contributed by atoms with Crippen LogP contribution in [-0.2, 0) is 0 Å². The molecule has 0 aliphatic carbocycles. The Morgan fingerprint density at radius 3 is 2.18 bits per heavy atom. The fourth-order valence-corrected chi connectivity index (χ4v) is 1.95.